The van der Waals surface area contributed by atoms with Gasteiger partial charge < -0.3 is 15.0 Å². The smallest absolute Gasteiger partial charge is 0.166 e. The van der Waals surface area contributed by atoms with Gasteiger partial charge in [-0.2, -0.15) is 5.26 Å². The summed E-state index contributed by atoms with van der Waals surface area (Å²) in [4.78, 5) is 11.4. The van der Waals surface area contributed by atoms with E-state index >= 15 is 0 Å². The number of carbonyl (C=O) groups excluding carboxylic acids is 1. The first-order chi connectivity index (χ1) is 11.1. The average Bonchev–Trinajstić information content (AvgIpc) is 2.90. The Morgan fingerprint density at radius 3 is 2.61 bits per heavy atom. The van der Waals surface area contributed by atoms with Gasteiger partial charge in [-0.1, -0.05) is 12.1 Å². The predicted octanol–water partition coefficient (Wildman–Crippen LogP) is 3.24. The molecule has 1 heterocycles. The first-order valence-corrected chi connectivity index (χ1v) is 7.63. The van der Waals surface area contributed by atoms with Crippen LogP contribution >= 0.6 is 0 Å². The molecule has 2 rings (SSSR count). The van der Waals surface area contributed by atoms with Crippen molar-refractivity contribution in [2.24, 2.45) is 0 Å². The van der Waals surface area contributed by atoms with Crippen LogP contribution in [0.25, 0.3) is 11.3 Å². The Morgan fingerprint density at radius 2 is 2.04 bits per heavy atom. The van der Waals surface area contributed by atoms with Crippen molar-refractivity contribution < 1.29 is 9.53 Å². The fourth-order valence-electron chi connectivity index (χ4n) is 2.49. The van der Waals surface area contributed by atoms with Gasteiger partial charge in [0.15, 0.2) is 6.29 Å². The third kappa shape index (κ3) is 3.99. The summed E-state index contributed by atoms with van der Waals surface area (Å²) in [6.45, 7) is 5.19. The molecule has 0 bridgehead atoms. The molecule has 2 aromatic rings. The Hall–Kier alpha value is -2.58. The molecule has 0 fully saturated rings. The molecule has 0 aliphatic carbocycles. The second kappa shape index (κ2) is 7.61. The number of carbonyl (C=O) groups is 1. The number of aromatic nitrogens is 1. The molecule has 0 unspecified atom stereocenters. The van der Waals surface area contributed by atoms with Crippen molar-refractivity contribution in [3.63, 3.8) is 0 Å². The van der Waals surface area contributed by atoms with Crippen molar-refractivity contribution in [2.75, 3.05) is 12.3 Å². The van der Waals surface area contributed by atoms with Crippen molar-refractivity contribution in [2.45, 2.75) is 32.9 Å². The van der Waals surface area contributed by atoms with Crippen LogP contribution in [0.2, 0.25) is 0 Å². The minimum absolute atomic E-state index is 0.177. The summed E-state index contributed by atoms with van der Waals surface area (Å²) in [5, 5.41) is 9.38. The maximum absolute atomic E-state index is 11.4. The van der Waals surface area contributed by atoms with Crippen LogP contribution in [0.5, 0.6) is 0 Å². The number of rotatable bonds is 7. The van der Waals surface area contributed by atoms with Gasteiger partial charge in [0, 0.05) is 18.8 Å². The van der Waals surface area contributed by atoms with Crippen molar-refractivity contribution in [1.82, 2.24) is 4.57 Å². The normalized spacial score (nSPS) is 10.7. The monoisotopic (exact) mass is 311 g/mol. The zero-order valence-corrected chi connectivity index (χ0v) is 13.5. The molecule has 1 aromatic carbocycles. The standard InChI is InChI=1S/C18H21N3O2/c1-13(2)23-9-3-8-21-17(12-22)10-15(11-19)18(21)14-4-6-16(20)7-5-14/h4-7,10,12-13H,3,8-9,20H2,1-2H3. The van der Waals surface area contributed by atoms with Gasteiger partial charge in [-0.05, 0) is 44.0 Å². The number of nitrogens with two attached hydrogens (primary N) is 1. The highest BCUT2D eigenvalue weighted by atomic mass is 16.5. The molecule has 0 amide bonds. The fourth-order valence-corrected chi connectivity index (χ4v) is 2.49. The van der Waals surface area contributed by atoms with E-state index in [1.807, 2.05) is 30.5 Å². The third-order valence-corrected chi connectivity index (χ3v) is 3.53. The summed E-state index contributed by atoms with van der Waals surface area (Å²) in [5.41, 5.74) is 8.99. The first-order valence-electron chi connectivity index (χ1n) is 7.63. The lowest BCUT2D eigenvalue weighted by Crippen LogP contribution is -2.10. The quantitative estimate of drug-likeness (QED) is 0.483. The van der Waals surface area contributed by atoms with E-state index in [0.29, 0.717) is 30.1 Å². The van der Waals surface area contributed by atoms with Crippen LogP contribution in [0, 0.1) is 11.3 Å². The summed E-state index contributed by atoms with van der Waals surface area (Å²) in [6, 6.07) is 11.1. The van der Waals surface area contributed by atoms with E-state index < -0.39 is 0 Å². The number of hydrogen-bond acceptors (Lipinski definition) is 4. The number of nitrogen functional groups attached to an aromatic ring is 1. The Morgan fingerprint density at radius 1 is 1.35 bits per heavy atom. The van der Waals surface area contributed by atoms with E-state index in [9.17, 15) is 10.1 Å². The van der Waals surface area contributed by atoms with E-state index in [1.54, 1.807) is 18.2 Å². The molecule has 0 spiro atoms. The number of benzene rings is 1. The van der Waals surface area contributed by atoms with Crippen LogP contribution < -0.4 is 5.73 Å². The Kier molecular flexibility index (Phi) is 5.56. The van der Waals surface area contributed by atoms with Crippen LogP contribution in [0.3, 0.4) is 0 Å². The van der Waals surface area contributed by atoms with Crippen LogP contribution in [0.4, 0.5) is 5.69 Å². The number of nitriles is 1. The number of aldehydes is 1. The molecular weight excluding hydrogens is 290 g/mol. The molecule has 1 aromatic heterocycles. The molecule has 5 heteroatoms. The largest absolute Gasteiger partial charge is 0.399 e. The van der Waals surface area contributed by atoms with Gasteiger partial charge in [-0.3, -0.25) is 4.79 Å². The molecule has 0 saturated heterocycles. The SMILES string of the molecule is CC(C)OCCCn1c(C=O)cc(C#N)c1-c1ccc(N)cc1. The number of hydrogen-bond donors (Lipinski definition) is 1. The maximum atomic E-state index is 11.4. The summed E-state index contributed by atoms with van der Waals surface area (Å²) >= 11 is 0. The Labute approximate surface area is 136 Å². The Balaban J connectivity index is 2.35. The van der Waals surface area contributed by atoms with Gasteiger partial charge in [-0.25, -0.2) is 0 Å². The lowest BCUT2D eigenvalue weighted by Gasteiger charge is -2.13. The highest BCUT2D eigenvalue weighted by Gasteiger charge is 2.16. The topological polar surface area (TPSA) is 81.0 Å². The van der Waals surface area contributed by atoms with Crippen molar-refractivity contribution in [1.29, 1.82) is 5.26 Å². The second-order valence-corrected chi connectivity index (χ2v) is 5.61. The first kappa shape index (κ1) is 16.8. The summed E-state index contributed by atoms with van der Waals surface area (Å²) < 4.78 is 7.42. The summed E-state index contributed by atoms with van der Waals surface area (Å²) in [5.74, 6) is 0. The summed E-state index contributed by atoms with van der Waals surface area (Å²) in [7, 11) is 0. The van der Waals surface area contributed by atoms with Crippen LogP contribution in [0.1, 0.15) is 36.3 Å². The molecule has 23 heavy (non-hydrogen) atoms. The third-order valence-electron chi connectivity index (χ3n) is 3.53. The van der Waals surface area contributed by atoms with Crippen molar-refractivity contribution >= 4 is 12.0 Å². The molecule has 0 atom stereocenters. The molecule has 0 aliphatic rings. The van der Waals surface area contributed by atoms with Crippen LogP contribution in [-0.2, 0) is 11.3 Å². The number of ether oxygens (including phenoxy) is 1. The summed E-state index contributed by atoms with van der Waals surface area (Å²) in [6.07, 6.45) is 1.72. The maximum Gasteiger partial charge on any atom is 0.166 e. The molecule has 120 valence electrons. The average molecular weight is 311 g/mol. The van der Waals surface area contributed by atoms with Gasteiger partial charge in [-0.15, -0.1) is 0 Å². The molecule has 2 N–H and O–H groups in total. The van der Waals surface area contributed by atoms with E-state index in [0.717, 1.165) is 24.0 Å². The molecule has 5 nitrogen and oxygen atoms in total. The fraction of sp³-hybridized carbons (Fsp3) is 0.333. The zero-order valence-electron chi connectivity index (χ0n) is 13.5. The number of nitrogens with zero attached hydrogens (tertiary/aromatic N) is 2. The highest BCUT2D eigenvalue weighted by Crippen LogP contribution is 2.28. The Bertz CT molecular complexity index is 709. The highest BCUT2D eigenvalue weighted by molar-refractivity contribution is 5.80. The van der Waals surface area contributed by atoms with E-state index in [2.05, 4.69) is 6.07 Å². The molecule has 0 saturated carbocycles. The molecular formula is C18H21N3O2. The van der Waals surface area contributed by atoms with E-state index in [1.165, 1.54) is 0 Å². The minimum atomic E-state index is 0.177. The second-order valence-electron chi connectivity index (χ2n) is 5.61. The van der Waals surface area contributed by atoms with E-state index in [-0.39, 0.29) is 6.10 Å². The van der Waals surface area contributed by atoms with Gasteiger partial charge in [0.2, 0.25) is 0 Å². The van der Waals surface area contributed by atoms with Gasteiger partial charge >= 0.3 is 0 Å². The zero-order chi connectivity index (χ0) is 16.8. The lowest BCUT2D eigenvalue weighted by molar-refractivity contribution is 0.0747. The number of anilines is 1. The van der Waals surface area contributed by atoms with Crippen LogP contribution in [0.15, 0.2) is 30.3 Å². The lowest BCUT2D eigenvalue weighted by atomic mass is 10.1. The predicted molar refractivity (Wildman–Crippen MR) is 90.1 cm³/mol. The van der Waals surface area contributed by atoms with Crippen LogP contribution in [-0.4, -0.2) is 23.6 Å². The van der Waals surface area contributed by atoms with Crippen molar-refractivity contribution in [3.8, 4) is 17.3 Å². The minimum Gasteiger partial charge on any atom is -0.399 e. The van der Waals surface area contributed by atoms with Gasteiger partial charge in [0.25, 0.3) is 0 Å². The van der Waals surface area contributed by atoms with E-state index in [4.69, 9.17) is 10.5 Å². The van der Waals surface area contributed by atoms with Crippen molar-refractivity contribution in [3.05, 3.63) is 41.6 Å². The van der Waals surface area contributed by atoms with Gasteiger partial charge in [0.1, 0.15) is 6.07 Å². The molecule has 0 radical (unpaired) electrons. The molecule has 0 aliphatic heterocycles. The van der Waals surface area contributed by atoms with Gasteiger partial charge in [0.05, 0.1) is 23.1 Å².